The van der Waals surface area contributed by atoms with Gasteiger partial charge in [0.1, 0.15) is 6.67 Å². The lowest BCUT2D eigenvalue weighted by Crippen LogP contribution is -2.07. The van der Waals surface area contributed by atoms with Crippen LogP contribution in [-0.2, 0) is 0 Å². The van der Waals surface area contributed by atoms with Crippen molar-refractivity contribution in [3.63, 3.8) is 0 Å². The highest BCUT2D eigenvalue weighted by Crippen LogP contribution is 2.25. The van der Waals surface area contributed by atoms with Crippen molar-refractivity contribution in [3.8, 4) is 0 Å². The summed E-state index contributed by atoms with van der Waals surface area (Å²) in [6.07, 6.45) is 1.95. The van der Waals surface area contributed by atoms with Crippen LogP contribution in [0.5, 0.6) is 0 Å². The summed E-state index contributed by atoms with van der Waals surface area (Å²) >= 11 is 0. The predicted octanol–water partition coefficient (Wildman–Crippen LogP) is 2.64. The largest absolute Gasteiger partial charge is 0.366 e. The number of hydrogen-bond donors (Lipinski definition) is 1. The molecule has 1 aliphatic rings. The molecule has 0 spiro atoms. The van der Waals surface area contributed by atoms with Crippen molar-refractivity contribution < 1.29 is 0 Å². The highest BCUT2D eigenvalue weighted by atomic mass is 15.0. The molecule has 1 N–H and O–H groups in total. The van der Waals surface area contributed by atoms with Gasteiger partial charge >= 0.3 is 0 Å². The minimum absolute atomic E-state index is 0.686. The Morgan fingerprint density at radius 2 is 2.00 bits per heavy atom. The van der Waals surface area contributed by atoms with Gasteiger partial charge in [-0.05, 0) is 16.8 Å². The molecule has 0 aliphatic carbocycles. The van der Waals surface area contributed by atoms with Crippen LogP contribution in [-0.4, -0.2) is 12.9 Å². The summed E-state index contributed by atoms with van der Waals surface area (Å²) < 4.78 is 0. The monoisotopic (exact) mass is 182 g/mol. The van der Waals surface area contributed by atoms with Crippen molar-refractivity contribution in [1.82, 2.24) is 0 Å². The Hall–Kier alpha value is -1.83. The second kappa shape index (κ2) is 2.84. The van der Waals surface area contributed by atoms with Gasteiger partial charge in [0.05, 0.1) is 0 Å². The molecule has 1 heterocycles. The third-order valence-electron chi connectivity index (χ3n) is 2.55. The van der Waals surface area contributed by atoms with Gasteiger partial charge in [-0.1, -0.05) is 30.3 Å². The fraction of sp³-hybridized carbons (Fsp3) is 0.0833. The molecule has 1 aliphatic heterocycles. The first-order valence-corrected chi connectivity index (χ1v) is 4.70. The van der Waals surface area contributed by atoms with Crippen LogP contribution in [0.2, 0.25) is 0 Å². The van der Waals surface area contributed by atoms with Crippen molar-refractivity contribution in [1.29, 1.82) is 0 Å². The van der Waals surface area contributed by atoms with E-state index in [4.69, 9.17) is 0 Å². The van der Waals surface area contributed by atoms with Crippen molar-refractivity contribution in [2.24, 2.45) is 4.99 Å². The lowest BCUT2D eigenvalue weighted by molar-refractivity contribution is 1.13. The average molecular weight is 182 g/mol. The Kier molecular flexibility index (Phi) is 1.53. The number of aliphatic imine (C=N–C) groups is 1. The van der Waals surface area contributed by atoms with Gasteiger partial charge < -0.3 is 5.32 Å². The molecule has 2 aromatic carbocycles. The first-order chi connectivity index (χ1) is 6.95. The number of anilines is 1. The first kappa shape index (κ1) is 7.56. The molecule has 0 amide bonds. The van der Waals surface area contributed by atoms with Gasteiger partial charge in [0.2, 0.25) is 0 Å². The fourth-order valence-electron chi connectivity index (χ4n) is 1.86. The van der Waals surface area contributed by atoms with Gasteiger partial charge in [0.25, 0.3) is 0 Å². The highest BCUT2D eigenvalue weighted by molar-refractivity contribution is 6.05. The second-order valence-corrected chi connectivity index (χ2v) is 3.39. The van der Waals surface area contributed by atoms with Crippen molar-refractivity contribution in [3.05, 3.63) is 42.0 Å². The van der Waals surface area contributed by atoms with E-state index in [0.717, 1.165) is 0 Å². The molecule has 0 radical (unpaired) electrons. The number of fused-ring (bicyclic) bond motifs is 3. The molecule has 0 saturated carbocycles. The number of rotatable bonds is 0. The summed E-state index contributed by atoms with van der Waals surface area (Å²) in [7, 11) is 0. The molecule has 0 saturated heterocycles. The standard InChI is InChI=1S/C12H10N2/c1-2-4-10-9(3-1)5-6-12-11(10)7-13-8-14-12/h1-7,14H,8H2. The van der Waals surface area contributed by atoms with E-state index in [1.165, 1.54) is 22.0 Å². The van der Waals surface area contributed by atoms with Crippen LogP contribution in [0.15, 0.2) is 41.4 Å². The molecule has 0 atom stereocenters. The van der Waals surface area contributed by atoms with Gasteiger partial charge in [-0.15, -0.1) is 0 Å². The SMILES string of the molecule is C1=NCNc2ccc3ccccc3c21. The topological polar surface area (TPSA) is 24.4 Å². The molecule has 2 aromatic rings. The Bertz CT molecular complexity index is 515. The van der Waals surface area contributed by atoms with E-state index >= 15 is 0 Å². The van der Waals surface area contributed by atoms with E-state index in [2.05, 4.69) is 46.7 Å². The van der Waals surface area contributed by atoms with Crippen molar-refractivity contribution >= 4 is 22.7 Å². The Labute approximate surface area is 82.3 Å². The van der Waals surface area contributed by atoms with E-state index in [1.807, 2.05) is 6.21 Å². The molecule has 0 bridgehead atoms. The summed E-state index contributed by atoms with van der Waals surface area (Å²) in [5, 5.41) is 5.79. The van der Waals surface area contributed by atoms with E-state index in [-0.39, 0.29) is 0 Å². The van der Waals surface area contributed by atoms with Crippen LogP contribution in [0.1, 0.15) is 5.56 Å². The summed E-state index contributed by atoms with van der Waals surface area (Å²) in [6.45, 7) is 0.686. The van der Waals surface area contributed by atoms with Crippen LogP contribution in [0.25, 0.3) is 10.8 Å². The minimum Gasteiger partial charge on any atom is -0.366 e. The quantitative estimate of drug-likeness (QED) is 0.665. The van der Waals surface area contributed by atoms with Crippen LogP contribution in [0.4, 0.5) is 5.69 Å². The maximum Gasteiger partial charge on any atom is 0.107 e. The smallest absolute Gasteiger partial charge is 0.107 e. The summed E-state index contributed by atoms with van der Waals surface area (Å²) in [6, 6.07) is 12.6. The molecule has 2 heteroatoms. The third kappa shape index (κ3) is 1.01. The fourth-order valence-corrected chi connectivity index (χ4v) is 1.86. The van der Waals surface area contributed by atoms with Crippen LogP contribution >= 0.6 is 0 Å². The molecule has 14 heavy (non-hydrogen) atoms. The third-order valence-corrected chi connectivity index (χ3v) is 2.55. The van der Waals surface area contributed by atoms with Gasteiger partial charge in [0.15, 0.2) is 0 Å². The zero-order chi connectivity index (χ0) is 9.38. The Morgan fingerprint density at radius 3 is 3.00 bits per heavy atom. The van der Waals surface area contributed by atoms with Crippen molar-refractivity contribution in [2.75, 3.05) is 12.0 Å². The number of benzene rings is 2. The molecule has 3 rings (SSSR count). The van der Waals surface area contributed by atoms with E-state index in [0.29, 0.717) is 6.67 Å². The molecular weight excluding hydrogens is 172 g/mol. The lowest BCUT2D eigenvalue weighted by atomic mass is 10.0. The maximum absolute atomic E-state index is 4.23. The van der Waals surface area contributed by atoms with Crippen molar-refractivity contribution in [2.45, 2.75) is 0 Å². The van der Waals surface area contributed by atoms with Crippen LogP contribution in [0, 0.1) is 0 Å². The number of hydrogen-bond acceptors (Lipinski definition) is 2. The molecule has 0 fully saturated rings. The molecule has 68 valence electrons. The molecular formula is C12H10N2. The van der Waals surface area contributed by atoms with Gasteiger partial charge in [-0.25, -0.2) is 0 Å². The van der Waals surface area contributed by atoms with Crippen LogP contribution in [0.3, 0.4) is 0 Å². The van der Waals surface area contributed by atoms with Crippen LogP contribution < -0.4 is 5.32 Å². The molecule has 2 nitrogen and oxygen atoms in total. The maximum atomic E-state index is 4.23. The Morgan fingerprint density at radius 1 is 1.07 bits per heavy atom. The Balaban J connectivity index is 2.42. The van der Waals surface area contributed by atoms with E-state index in [1.54, 1.807) is 0 Å². The van der Waals surface area contributed by atoms with Gasteiger partial charge in [-0.2, -0.15) is 0 Å². The van der Waals surface area contributed by atoms with Gasteiger partial charge in [0, 0.05) is 17.5 Å². The van der Waals surface area contributed by atoms with E-state index < -0.39 is 0 Å². The van der Waals surface area contributed by atoms with Gasteiger partial charge in [-0.3, -0.25) is 4.99 Å². The predicted molar refractivity (Wildman–Crippen MR) is 60.0 cm³/mol. The second-order valence-electron chi connectivity index (χ2n) is 3.39. The minimum atomic E-state index is 0.686. The first-order valence-electron chi connectivity index (χ1n) is 4.70. The number of nitrogens with zero attached hydrogens (tertiary/aromatic N) is 1. The zero-order valence-electron chi connectivity index (χ0n) is 7.70. The summed E-state index contributed by atoms with van der Waals surface area (Å²) in [5.74, 6) is 0. The molecule has 0 aromatic heterocycles. The van der Waals surface area contributed by atoms with E-state index in [9.17, 15) is 0 Å². The zero-order valence-corrected chi connectivity index (χ0v) is 7.70. The summed E-state index contributed by atoms with van der Waals surface area (Å²) in [4.78, 5) is 4.23. The lowest BCUT2D eigenvalue weighted by Gasteiger charge is -2.14. The average Bonchev–Trinajstić information content (AvgIpc) is 2.29. The molecule has 0 unspecified atom stereocenters. The number of nitrogens with one attached hydrogen (secondary N) is 1. The normalized spacial score (nSPS) is 13.7. The summed E-state index contributed by atoms with van der Waals surface area (Å²) in [5.41, 5.74) is 2.38. The highest BCUT2D eigenvalue weighted by Gasteiger charge is 2.07.